The average molecular weight is 254 g/mol. The summed E-state index contributed by atoms with van der Waals surface area (Å²) in [5, 5.41) is 3.36. The molecule has 1 fully saturated rings. The molecule has 0 aliphatic carbocycles. The lowest BCUT2D eigenvalue weighted by molar-refractivity contribution is 0.417. The largest absolute Gasteiger partial charge is 0.399 e. The number of rotatable bonds is 5. The molecule has 19 heavy (non-hydrogen) atoms. The van der Waals surface area contributed by atoms with Crippen LogP contribution in [-0.2, 0) is 11.2 Å². The number of nitrogens with two attached hydrogens (primary N) is 1. The number of epoxide rings is 1. The van der Waals surface area contributed by atoms with Crippen molar-refractivity contribution in [3.8, 4) is 0 Å². The Morgan fingerprint density at radius 2 is 1.58 bits per heavy atom. The lowest BCUT2D eigenvalue weighted by Gasteiger charge is -2.06. The van der Waals surface area contributed by atoms with Crippen LogP contribution < -0.4 is 11.1 Å². The van der Waals surface area contributed by atoms with Gasteiger partial charge in [0.05, 0.1) is 12.7 Å². The van der Waals surface area contributed by atoms with Crippen molar-refractivity contribution in [3.63, 3.8) is 0 Å². The maximum Gasteiger partial charge on any atom is 0.0981 e. The third kappa shape index (κ3) is 3.48. The Hall–Kier alpha value is -2.00. The van der Waals surface area contributed by atoms with Crippen molar-refractivity contribution in [3.05, 3.63) is 59.7 Å². The fraction of sp³-hybridized carbons (Fsp3) is 0.250. The van der Waals surface area contributed by atoms with Crippen LogP contribution in [0.4, 0.5) is 11.4 Å². The van der Waals surface area contributed by atoms with Crippen molar-refractivity contribution in [1.82, 2.24) is 0 Å². The Morgan fingerprint density at radius 1 is 1.00 bits per heavy atom. The average Bonchev–Trinajstić information content (AvgIpc) is 3.25. The van der Waals surface area contributed by atoms with E-state index in [9.17, 15) is 0 Å². The third-order valence-corrected chi connectivity index (χ3v) is 3.28. The fourth-order valence-corrected chi connectivity index (χ4v) is 2.03. The fourth-order valence-electron chi connectivity index (χ4n) is 2.03. The lowest BCUT2D eigenvalue weighted by Crippen LogP contribution is -2.07. The first-order valence-electron chi connectivity index (χ1n) is 6.58. The van der Waals surface area contributed by atoms with Gasteiger partial charge in [-0.2, -0.15) is 0 Å². The van der Waals surface area contributed by atoms with E-state index >= 15 is 0 Å². The predicted molar refractivity (Wildman–Crippen MR) is 78.3 cm³/mol. The van der Waals surface area contributed by atoms with Gasteiger partial charge in [0.25, 0.3) is 0 Å². The summed E-state index contributed by atoms with van der Waals surface area (Å²) in [5.74, 6) is 0. The van der Waals surface area contributed by atoms with Crippen LogP contribution in [-0.4, -0.2) is 19.3 Å². The van der Waals surface area contributed by atoms with Crippen molar-refractivity contribution in [1.29, 1.82) is 0 Å². The predicted octanol–water partition coefficient (Wildman–Crippen LogP) is 2.67. The van der Waals surface area contributed by atoms with E-state index < -0.39 is 0 Å². The van der Waals surface area contributed by atoms with E-state index in [1.165, 1.54) is 11.1 Å². The summed E-state index contributed by atoms with van der Waals surface area (Å²) in [5.41, 5.74) is 10.2. The van der Waals surface area contributed by atoms with Gasteiger partial charge in [0.2, 0.25) is 0 Å². The maximum absolute atomic E-state index is 5.68. The molecule has 3 N–H and O–H groups in total. The molecule has 0 spiro atoms. The minimum Gasteiger partial charge on any atom is -0.399 e. The normalized spacial score (nSPS) is 17.2. The molecule has 1 unspecified atom stereocenters. The van der Waals surface area contributed by atoms with Crippen LogP contribution in [0.2, 0.25) is 0 Å². The first kappa shape index (κ1) is 12.1. The molecule has 3 nitrogen and oxygen atoms in total. The Labute approximate surface area is 113 Å². The van der Waals surface area contributed by atoms with Crippen molar-refractivity contribution >= 4 is 11.4 Å². The summed E-state index contributed by atoms with van der Waals surface area (Å²) in [7, 11) is 0. The zero-order valence-electron chi connectivity index (χ0n) is 10.8. The van der Waals surface area contributed by atoms with Crippen molar-refractivity contribution in [2.75, 3.05) is 24.2 Å². The summed E-state index contributed by atoms with van der Waals surface area (Å²) in [6, 6.07) is 16.6. The van der Waals surface area contributed by atoms with Crippen molar-refractivity contribution in [2.45, 2.75) is 12.5 Å². The Balaban J connectivity index is 1.59. The second kappa shape index (κ2) is 5.33. The van der Waals surface area contributed by atoms with E-state index in [4.69, 9.17) is 10.5 Å². The molecule has 0 aromatic heterocycles. The van der Waals surface area contributed by atoms with E-state index in [2.05, 4.69) is 41.7 Å². The summed E-state index contributed by atoms with van der Waals surface area (Å²) >= 11 is 0. The third-order valence-electron chi connectivity index (χ3n) is 3.28. The van der Waals surface area contributed by atoms with Crippen LogP contribution in [0, 0.1) is 0 Å². The van der Waals surface area contributed by atoms with Gasteiger partial charge in [-0.25, -0.2) is 0 Å². The molecular weight excluding hydrogens is 236 g/mol. The summed E-state index contributed by atoms with van der Waals surface area (Å²) in [4.78, 5) is 0. The molecule has 0 amide bonds. The van der Waals surface area contributed by atoms with Gasteiger partial charge in [0.1, 0.15) is 0 Å². The Morgan fingerprint density at radius 3 is 2.16 bits per heavy atom. The highest BCUT2D eigenvalue weighted by atomic mass is 16.6. The number of anilines is 2. The highest BCUT2D eigenvalue weighted by molar-refractivity contribution is 5.46. The van der Waals surface area contributed by atoms with Gasteiger partial charge in [0, 0.05) is 17.9 Å². The highest BCUT2D eigenvalue weighted by Gasteiger charge is 2.21. The molecule has 1 saturated heterocycles. The van der Waals surface area contributed by atoms with E-state index in [1.54, 1.807) is 0 Å². The quantitative estimate of drug-likeness (QED) is 0.637. The maximum atomic E-state index is 5.68. The minimum absolute atomic E-state index is 0.412. The van der Waals surface area contributed by atoms with Crippen LogP contribution >= 0.6 is 0 Å². The van der Waals surface area contributed by atoms with Gasteiger partial charge < -0.3 is 15.8 Å². The number of benzene rings is 2. The minimum atomic E-state index is 0.412. The molecule has 3 heteroatoms. The van der Waals surface area contributed by atoms with Crippen LogP contribution in [0.15, 0.2) is 48.5 Å². The molecule has 1 aliphatic rings. The van der Waals surface area contributed by atoms with Gasteiger partial charge >= 0.3 is 0 Å². The standard InChI is InChI=1S/C16H18N2O/c17-14-5-1-12(2-6-14)9-13-3-7-15(8-4-13)18-10-16-11-19-16/h1-8,16,18H,9-11,17H2. The molecule has 2 aromatic carbocycles. The first-order valence-corrected chi connectivity index (χ1v) is 6.58. The number of hydrogen-bond donors (Lipinski definition) is 2. The molecule has 0 saturated carbocycles. The molecule has 0 radical (unpaired) electrons. The van der Waals surface area contributed by atoms with Crippen molar-refractivity contribution in [2.24, 2.45) is 0 Å². The van der Waals surface area contributed by atoms with Crippen molar-refractivity contribution < 1.29 is 4.74 Å². The monoisotopic (exact) mass is 254 g/mol. The zero-order valence-corrected chi connectivity index (χ0v) is 10.8. The Bertz CT molecular complexity index is 530. The molecule has 0 bridgehead atoms. The van der Waals surface area contributed by atoms with Gasteiger partial charge in [-0.3, -0.25) is 0 Å². The number of hydrogen-bond acceptors (Lipinski definition) is 3. The van der Waals surface area contributed by atoms with Crippen LogP contribution in [0.5, 0.6) is 0 Å². The SMILES string of the molecule is Nc1ccc(Cc2ccc(NCC3CO3)cc2)cc1. The second-order valence-electron chi connectivity index (χ2n) is 4.95. The van der Waals surface area contributed by atoms with E-state index in [1.807, 2.05) is 12.1 Å². The highest BCUT2D eigenvalue weighted by Crippen LogP contribution is 2.16. The van der Waals surface area contributed by atoms with Crippen LogP contribution in [0.25, 0.3) is 0 Å². The number of nitrogens with one attached hydrogen (secondary N) is 1. The Kier molecular flexibility index (Phi) is 3.38. The molecule has 98 valence electrons. The smallest absolute Gasteiger partial charge is 0.0981 e. The van der Waals surface area contributed by atoms with E-state index in [0.29, 0.717) is 6.10 Å². The molecule has 1 heterocycles. The van der Waals surface area contributed by atoms with Gasteiger partial charge in [-0.05, 0) is 41.8 Å². The summed E-state index contributed by atoms with van der Waals surface area (Å²) in [6.45, 7) is 1.79. The van der Waals surface area contributed by atoms with E-state index in [0.717, 1.165) is 30.9 Å². The molecular formula is C16H18N2O. The second-order valence-corrected chi connectivity index (χ2v) is 4.95. The molecule has 1 aliphatic heterocycles. The first-order chi connectivity index (χ1) is 9.29. The van der Waals surface area contributed by atoms with Crippen LogP contribution in [0.3, 0.4) is 0 Å². The summed E-state index contributed by atoms with van der Waals surface area (Å²) < 4.78 is 5.17. The summed E-state index contributed by atoms with van der Waals surface area (Å²) in [6.07, 6.45) is 1.35. The zero-order chi connectivity index (χ0) is 13.1. The van der Waals surface area contributed by atoms with Gasteiger partial charge in [0.15, 0.2) is 0 Å². The topological polar surface area (TPSA) is 50.6 Å². The molecule has 1 atom stereocenters. The van der Waals surface area contributed by atoms with Gasteiger partial charge in [-0.1, -0.05) is 24.3 Å². The lowest BCUT2D eigenvalue weighted by atomic mass is 10.0. The van der Waals surface area contributed by atoms with Gasteiger partial charge in [-0.15, -0.1) is 0 Å². The molecule has 2 aromatic rings. The van der Waals surface area contributed by atoms with Crippen LogP contribution in [0.1, 0.15) is 11.1 Å². The van der Waals surface area contributed by atoms with E-state index in [-0.39, 0.29) is 0 Å². The number of ether oxygens (including phenoxy) is 1. The molecule has 3 rings (SSSR count). The number of nitrogen functional groups attached to an aromatic ring is 1.